The highest BCUT2D eigenvalue weighted by atomic mass is 32.2. The predicted octanol–water partition coefficient (Wildman–Crippen LogP) is -0.112. The van der Waals surface area contributed by atoms with Crippen molar-refractivity contribution in [1.82, 2.24) is 5.32 Å². The molecule has 7 heteroatoms. The number of H-pyrrole nitrogens is 2. The molecule has 1 heterocycles. The number of aromatic nitrogens is 2. The van der Waals surface area contributed by atoms with E-state index < -0.39 is 0 Å². The van der Waals surface area contributed by atoms with Gasteiger partial charge in [-0.25, -0.2) is 0 Å². The molecule has 1 aromatic carbocycles. The van der Waals surface area contributed by atoms with Gasteiger partial charge in [-0.15, -0.1) is 0 Å². The molecule has 0 spiro atoms. The number of amides is 1. The zero-order valence-corrected chi connectivity index (χ0v) is 11.7. The van der Waals surface area contributed by atoms with Gasteiger partial charge in [0.2, 0.25) is 11.7 Å². The fraction of sp³-hybridized carbons (Fsp3) is 0.154. The zero-order chi connectivity index (χ0) is 14.4. The molecule has 0 radical (unpaired) electrons. The Bertz CT molecular complexity index is 570. The Morgan fingerprint density at radius 1 is 1.15 bits per heavy atom. The third-order valence-corrected chi connectivity index (χ3v) is 3.41. The first-order valence-electron chi connectivity index (χ1n) is 6.07. The molecule has 0 saturated heterocycles. The van der Waals surface area contributed by atoms with Crippen LogP contribution in [0.3, 0.4) is 0 Å². The summed E-state index contributed by atoms with van der Waals surface area (Å²) >= 11 is 1.31. The number of thioether (sulfide) groups is 1. The SMILES string of the molecule is Nc1cc(N)[nH+]c(SCC(=O)NCc2ccccc2)[nH+]1. The molecule has 6 nitrogen and oxygen atoms in total. The van der Waals surface area contributed by atoms with E-state index in [0.29, 0.717) is 23.3 Å². The number of carbonyl (C=O) groups is 1. The van der Waals surface area contributed by atoms with Crippen molar-refractivity contribution in [3.63, 3.8) is 0 Å². The smallest absolute Gasteiger partial charge is 0.359 e. The van der Waals surface area contributed by atoms with E-state index >= 15 is 0 Å². The summed E-state index contributed by atoms with van der Waals surface area (Å²) < 4.78 is 0. The molecule has 0 saturated carbocycles. The molecule has 0 unspecified atom stereocenters. The Hall–Kier alpha value is -2.28. The second-order valence-corrected chi connectivity index (χ2v) is 5.17. The number of rotatable bonds is 5. The summed E-state index contributed by atoms with van der Waals surface area (Å²) in [4.78, 5) is 17.5. The maximum atomic E-state index is 11.7. The minimum atomic E-state index is -0.0540. The Morgan fingerprint density at radius 2 is 1.80 bits per heavy atom. The van der Waals surface area contributed by atoms with Gasteiger partial charge in [-0.2, -0.15) is 9.97 Å². The molecule has 1 aromatic heterocycles. The molecular weight excluding hydrogens is 274 g/mol. The van der Waals surface area contributed by atoms with Crippen LogP contribution in [0.5, 0.6) is 0 Å². The number of aromatic amines is 2. The van der Waals surface area contributed by atoms with Gasteiger partial charge in [0.25, 0.3) is 0 Å². The summed E-state index contributed by atoms with van der Waals surface area (Å²) in [6.07, 6.45) is 0. The fourth-order valence-electron chi connectivity index (χ4n) is 1.59. The van der Waals surface area contributed by atoms with Gasteiger partial charge < -0.3 is 11.1 Å². The second kappa shape index (κ2) is 6.76. The standard InChI is InChI=1S/C13H15N5OS/c14-10-6-11(15)18-13(17-10)20-8-12(19)16-7-9-4-2-1-3-5-9/h1-6H,7-8H2,(H,16,19)(H4,14,15,17,18)/p+2. The van der Waals surface area contributed by atoms with E-state index in [1.165, 1.54) is 11.8 Å². The van der Waals surface area contributed by atoms with Gasteiger partial charge in [0.15, 0.2) is 0 Å². The Morgan fingerprint density at radius 3 is 2.45 bits per heavy atom. The van der Waals surface area contributed by atoms with Crippen molar-refractivity contribution in [2.75, 3.05) is 17.2 Å². The van der Waals surface area contributed by atoms with Crippen molar-refractivity contribution in [3.05, 3.63) is 42.0 Å². The molecular formula is C13H17N5OS+2. The molecule has 0 aliphatic carbocycles. The second-order valence-electron chi connectivity index (χ2n) is 4.19. The predicted molar refractivity (Wildman–Crippen MR) is 77.4 cm³/mol. The Balaban J connectivity index is 1.80. The van der Waals surface area contributed by atoms with E-state index in [-0.39, 0.29) is 11.7 Å². The van der Waals surface area contributed by atoms with E-state index in [4.69, 9.17) is 11.5 Å². The van der Waals surface area contributed by atoms with E-state index in [1.54, 1.807) is 6.07 Å². The number of nitrogens with one attached hydrogen (secondary N) is 3. The normalized spacial score (nSPS) is 10.2. The molecule has 2 aromatic rings. The van der Waals surface area contributed by atoms with Crippen LogP contribution in [0.1, 0.15) is 5.56 Å². The van der Waals surface area contributed by atoms with Gasteiger partial charge >= 0.3 is 11.0 Å². The number of nitrogens with two attached hydrogens (primary N) is 2. The van der Waals surface area contributed by atoms with Gasteiger partial charge in [-0.3, -0.25) is 10.5 Å². The Labute approximate surface area is 121 Å². The Kier molecular flexibility index (Phi) is 4.78. The van der Waals surface area contributed by atoms with E-state index in [0.717, 1.165) is 5.56 Å². The number of benzene rings is 1. The van der Waals surface area contributed by atoms with Gasteiger partial charge in [-0.1, -0.05) is 30.3 Å². The first-order valence-corrected chi connectivity index (χ1v) is 7.06. The maximum absolute atomic E-state index is 11.7. The van der Waals surface area contributed by atoms with Crippen LogP contribution in [0.2, 0.25) is 0 Å². The summed E-state index contributed by atoms with van der Waals surface area (Å²) in [7, 11) is 0. The van der Waals surface area contributed by atoms with E-state index in [1.807, 2.05) is 30.3 Å². The summed E-state index contributed by atoms with van der Waals surface area (Å²) in [5.74, 6) is 1.13. The van der Waals surface area contributed by atoms with Crippen molar-refractivity contribution in [1.29, 1.82) is 0 Å². The fourth-order valence-corrected chi connectivity index (χ4v) is 2.35. The summed E-state index contributed by atoms with van der Waals surface area (Å²) in [6.45, 7) is 0.521. The van der Waals surface area contributed by atoms with Crippen LogP contribution in [0, 0.1) is 0 Å². The maximum Gasteiger partial charge on any atom is 0.375 e. The minimum absolute atomic E-state index is 0.0540. The number of anilines is 2. The third-order valence-electron chi connectivity index (χ3n) is 2.51. The van der Waals surface area contributed by atoms with Crippen molar-refractivity contribution >= 4 is 29.3 Å². The lowest BCUT2D eigenvalue weighted by atomic mass is 10.2. The lowest BCUT2D eigenvalue weighted by molar-refractivity contribution is -0.590. The van der Waals surface area contributed by atoms with Crippen LogP contribution >= 0.6 is 11.8 Å². The first-order chi connectivity index (χ1) is 9.63. The largest absolute Gasteiger partial charge is 0.375 e. The number of hydrogen-bond donors (Lipinski definition) is 3. The molecule has 1 amide bonds. The molecule has 7 N–H and O–H groups in total. The quantitative estimate of drug-likeness (QED) is 0.527. The van der Waals surface area contributed by atoms with Gasteiger partial charge in [0.05, 0.1) is 5.75 Å². The molecule has 0 atom stereocenters. The molecule has 20 heavy (non-hydrogen) atoms. The van der Waals surface area contributed by atoms with Crippen molar-refractivity contribution in [3.8, 4) is 0 Å². The lowest BCUT2D eigenvalue weighted by Crippen LogP contribution is -2.29. The third kappa shape index (κ3) is 4.43. The van der Waals surface area contributed by atoms with Crippen molar-refractivity contribution < 1.29 is 14.8 Å². The summed E-state index contributed by atoms with van der Waals surface area (Å²) in [6, 6.07) is 11.3. The number of carbonyl (C=O) groups excluding carboxylic acids is 1. The van der Waals surface area contributed by atoms with Crippen LogP contribution in [-0.2, 0) is 11.3 Å². The number of nitrogen functional groups attached to an aromatic ring is 2. The highest BCUT2D eigenvalue weighted by Gasteiger charge is 2.13. The highest BCUT2D eigenvalue weighted by molar-refractivity contribution is 7.99. The number of hydrogen-bond acceptors (Lipinski definition) is 4. The van der Waals surface area contributed by atoms with Crippen LogP contribution in [0.15, 0.2) is 41.6 Å². The summed E-state index contributed by atoms with van der Waals surface area (Å²) in [5.41, 5.74) is 12.3. The van der Waals surface area contributed by atoms with Crippen molar-refractivity contribution in [2.45, 2.75) is 11.7 Å². The molecule has 2 rings (SSSR count). The monoisotopic (exact) mass is 291 g/mol. The zero-order valence-electron chi connectivity index (χ0n) is 10.8. The molecule has 104 valence electrons. The van der Waals surface area contributed by atoms with Crippen LogP contribution in [0.4, 0.5) is 11.6 Å². The molecule has 0 fully saturated rings. The van der Waals surface area contributed by atoms with Crippen LogP contribution < -0.4 is 26.8 Å². The summed E-state index contributed by atoms with van der Waals surface area (Å²) in [5, 5.41) is 3.50. The van der Waals surface area contributed by atoms with Gasteiger partial charge in [0.1, 0.15) is 6.07 Å². The van der Waals surface area contributed by atoms with Crippen LogP contribution in [0.25, 0.3) is 0 Å². The average molecular weight is 291 g/mol. The van der Waals surface area contributed by atoms with Crippen molar-refractivity contribution in [2.24, 2.45) is 0 Å². The van der Waals surface area contributed by atoms with E-state index in [9.17, 15) is 4.79 Å². The minimum Gasteiger partial charge on any atom is -0.359 e. The topological polar surface area (TPSA) is 109 Å². The highest BCUT2D eigenvalue weighted by Crippen LogP contribution is 2.08. The van der Waals surface area contributed by atoms with Crippen LogP contribution in [-0.4, -0.2) is 11.7 Å². The lowest BCUT2D eigenvalue weighted by Gasteiger charge is -2.03. The molecule has 0 aliphatic rings. The molecule has 0 aliphatic heterocycles. The van der Waals surface area contributed by atoms with Gasteiger partial charge in [0, 0.05) is 6.54 Å². The first kappa shape index (κ1) is 14.1. The van der Waals surface area contributed by atoms with Gasteiger partial charge in [-0.05, 0) is 17.3 Å². The van der Waals surface area contributed by atoms with E-state index in [2.05, 4.69) is 15.3 Å². The molecule has 0 bridgehead atoms. The average Bonchev–Trinajstić information content (AvgIpc) is 2.43.